The molecule has 2 atom stereocenters. The molecule has 0 radical (unpaired) electrons. The molecule has 0 saturated carbocycles. The molecule has 1 fully saturated rings. The van der Waals surface area contributed by atoms with Crippen molar-refractivity contribution in [3.8, 4) is 0 Å². The second-order valence-electron chi connectivity index (χ2n) is 4.67. The van der Waals surface area contributed by atoms with E-state index in [0.717, 1.165) is 6.08 Å². The monoisotopic (exact) mass is 315 g/mol. The third kappa shape index (κ3) is 2.70. The number of epoxide rings is 1. The van der Waals surface area contributed by atoms with Gasteiger partial charge in [-0.25, -0.2) is 0 Å². The highest BCUT2D eigenvalue weighted by atomic mass is 16.8. The molecular formula is C13H17NO8. The number of aldehydes is 1. The largest absolute Gasteiger partial charge is 0.488 e. The van der Waals surface area contributed by atoms with Crippen molar-refractivity contribution in [2.24, 2.45) is 0 Å². The van der Waals surface area contributed by atoms with Crippen molar-refractivity contribution in [2.75, 3.05) is 40.6 Å². The number of hydrogen-bond acceptors (Lipinski definition) is 8. The predicted octanol–water partition coefficient (Wildman–Crippen LogP) is 0.0347. The van der Waals surface area contributed by atoms with E-state index < -0.39 is 16.2 Å². The van der Waals surface area contributed by atoms with Crippen molar-refractivity contribution in [3.05, 3.63) is 33.8 Å². The molecule has 0 amide bonds. The predicted molar refractivity (Wildman–Crippen MR) is 71.4 cm³/mol. The first-order valence-electron chi connectivity index (χ1n) is 6.56. The summed E-state index contributed by atoms with van der Waals surface area (Å²) in [6, 6.07) is 0. The fraction of sp³-hybridized carbons (Fsp3) is 0.615. The van der Waals surface area contributed by atoms with Crippen molar-refractivity contribution < 1.29 is 33.4 Å². The molecule has 0 N–H and O–H groups in total. The third-order valence-electron chi connectivity index (χ3n) is 3.29. The van der Waals surface area contributed by atoms with E-state index in [1.54, 1.807) is 0 Å². The topological polar surface area (TPSA) is 110 Å². The van der Waals surface area contributed by atoms with Gasteiger partial charge in [-0.3, -0.25) is 19.6 Å². The first-order chi connectivity index (χ1) is 10.5. The fourth-order valence-electron chi connectivity index (χ4n) is 2.09. The number of ether oxygens (including phenoxy) is 5. The lowest BCUT2D eigenvalue weighted by Crippen LogP contribution is -2.35. The molecule has 2 aliphatic rings. The van der Waals surface area contributed by atoms with Gasteiger partial charge in [0.05, 0.1) is 24.2 Å². The quantitative estimate of drug-likeness (QED) is 0.183. The van der Waals surface area contributed by atoms with Crippen LogP contribution in [0.5, 0.6) is 0 Å². The molecule has 9 heteroatoms. The Morgan fingerprint density at radius 2 is 1.68 bits per heavy atom. The summed E-state index contributed by atoms with van der Waals surface area (Å²) >= 11 is 0. The summed E-state index contributed by atoms with van der Waals surface area (Å²) in [5, 5.41) is 11.2. The van der Waals surface area contributed by atoms with E-state index in [1.165, 1.54) is 20.3 Å². The molecule has 0 aromatic carbocycles. The molecule has 0 aromatic heterocycles. The Balaban J connectivity index is 2.21. The molecule has 0 bridgehead atoms. The van der Waals surface area contributed by atoms with Crippen LogP contribution in [0.1, 0.15) is 0 Å². The molecule has 2 unspecified atom stereocenters. The minimum absolute atomic E-state index is 0.139. The van der Waals surface area contributed by atoms with Crippen LogP contribution in [-0.2, 0) is 28.5 Å². The summed E-state index contributed by atoms with van der Waals surface area (Å²) in [6.45, 7) is 0.995. The Labute approximate surface area is 126 Å². The lowest BCUT2D eigenvalue weighted by atomic mass is 9.95. The van der Waals surface area contributed by atoms with Gasteiger partial charge in [-0.15, -0.1) is 0 Å². The molecule has 22 heavy (non-hydrogen) atoms. The van der Waals surface area contributed by atoms with Gasteiger partial charge in [0.25, 0.3) is 5.60 Å². The average molecular weight is 315 g/mol. The van der Waals surface area contributed by atoms with Gasteiger partial charge in [0.1, 0.15) is 13.2 Å². The Kier molecular flexibility index (Phi) is 4.79. The second-order valence-corrected chi connectivity index (χ2v) is 4.67. The number of carbonyl (C=O) groups excluding carboxylic acids is 1. The first-order valence-corrected chi connectivity index (χ1v) is 6.56. The van der Waals surface area contributed by atoms with Crippen molar-refractivity contribution in [1.29, 1.82) is 0 Å². The number of nitro groups is 1. The zero-order valence-corrected chi connectivity index (χ0v) is 12.3. The van der Waals surface area contributed by atoms with Gasteiger partial charge in [-0.1, -0.05) is 0 Å². The number of carbonyl (C=O) groups is 1. The molecule has 0 spiro atoms. The lowest BCUT2D eigenvalue weighted by molar-refractivity contribution is -0.549. The standard InChI is InChI=1S/C13H17NO8/c1-18-3-5-20-10-7-12(9-15)13(22-12,14(16)17)8-11(10)21-6-4-19-2/h7-9H,3-6H2,1-2H3. The molecule has 1 heterocycles. The smallest absolute Gasteiger partial charge is 0.390 e. The number of methoxy groups -OCH3 is 2. The lowest BCUT2D eigenvalue weighted by Gasteiger charge is -2.19. The molecule has 1 aliphatic carbocycles. The Hall–Kier alpha value is -1.97. The van der Waals surface area contributed by atoms with Crippen molar-refractivity contribution in [3.63, 3.8) is 0 Å². The van der Waals surface area contributed by atoms with Gasteiger partial charge in [0.2, 0.25) is 0 Å². The van der Waals surface area contributed by atoms with Crippen LogP contribution in [0, 0.1) is 10.1 Å². The van der Waals surface area contributed by atoms with Crippen molar-refractivity contribution in [2.45, 2.75) is 11.3 Å². The van der Waals surface area contributed by atoms with Crippen LogP contribution in [0.4, 0.5) is 0 Å². The van der Waals surface area contributed by atoms with Crippen molar-refractivity contribution >= 4 is 6.29 Å². The van der Waals surface area contributed by atoms with E-state index in [2.05, 4.69) is 0 Å². The molecule has 122 valence electrons. The Morgan fingerprint density at radius 3 is 2.14 bits per heavy atom. The normalized spacial score (nSPS) is 29.0. The minimum atomic E-state index is -1.93. The molecule has 0 aromatic rings. The van der Waals surface area contributed by atoms with Crippen LogP contribution >= 0.6 is 0 Å². The average Bonchev–Trinajstić information content (AvgIpc) is 3.18. The van der Waals surface area contributed by atoms with Crippen LogP contribution in [0.3, 0.4) is 0 Å². The van der Waals surface area contributed by atoms with Crippen LogP contribution in [0.2, 0.25) is 0 Å². The van der Waals surface area contributed by atoms with E-state index in [1.807, 2.05) is 0 Å². The first kappa shape index (κ1) is 16.4. The maximum Gasteiger partial charge on any atom is 0.390 e. The van der Waals surface area contributed by atoms with Crippen LogP contribution in [0.15, 0.2) is 23.7 Å². The number of nitrogens with zero attached hydrogens (tertiary/aromatic N) is 1. The summed E-state index contributed by atoms with van der Waals surface area (Å²) in [5.74, 6) is 0.343. The number of hydrogen-bond donors (Lipinski definition) is 0. The van der Waals surface area contributed by atoms with Crippen LogP contribution in [-0.4, -0.2) is 63.2 Å². The van der Waals surface area contributed by atoms with Gasteiger partial charge in [-0.05, 0) is 0 Å². The highest BCUT2D eigenvalue weighted by Crippen LogP contribution is 2.53. The van der Waals surface area contributed by atoms with E-state index in [-0.39, 0.29) is 24.7 Å². The number of rotatable bonds is 10. The van der Waals surface area contributed by atoms with Crippen LogP contribution in [0.25, 0.3) is 0 Å². The maximum absolute atomic E-state index is 11.2. The van der Waals surface area contributed by atoms with E-state index in [9.17, 15) is 14.9 Å². The van der Waals surface area contributed by atoms with Gasteiger partial charge in [-0.2, -0.15) is 0 Å². The highest BCUT2D eigenvalue weighted by Gasteiger charge is 2.82. The minimum Gasteiger partial charge on any atom is -0.488 e. The Morgan fingerprint density at radius 1 is 1.14 bits per heavy atom. The molecule has 9 nitrogen and oxygen atoms in total. The second kappa shape index (κ2) is 6.42. The van der Waals surface area contributed by atoms with Crippen LogP contribution < -0.4 is 0 Å². The molecule has 1 saturated heterocycles. The molecular weight excluding hydrogens is 298 g/mol. The summed E-state index contributed by atoms with van der Waals surface area (Å²) in [7, 11) is 3.02. The zero-order valence-electron chi connectivity index (χ0n) is 12.3. The van der Waals surface area contributed by atoms with Gasteiger partial charge < -0.3 is 18.9 Å². The zero-order chi connectivity index (χ0) is 16.2. The summed E-state index contributed by atoms with van der Waals surface area (Å²) in [4.78, 5) is 21.8. The summed E-state index contributed by atoms with van der Waals surface area (Å²) in [6.07, 6.45) is 2.80. The van der Waals surface area contributed by atoms with Gasteiger partial charge in [0, 0.05) is 20.3 Å². The van der Waals surface area contributed by atoms with E-state index in [4.69, 9.17) is 23.7 Å². The van der Waals surface area contributed by atoms with Gasteiger partial charge >= 0.3 is 5.72 Å². The fourth-order valence-corrected chi connectivity index (χ4v) is 2.09. The third-order valence-corrected chi connectivity index (χ3v) is 3.29. The van der Waals surface area contributed by atoms with E-state index >= 15 is 0 Å². The van der Waals surface area contributed by atoms with E-state index in [0.29, 0.717) is 19.5 Å². The SMILES string of the molecule is COCCOC1=CC2(C=O)OC2([N+](=O)[O-])C=C1OCCOC. The summed E-state index contributed by atoms with van der Waals surface area (Å²) < 4.78 is 25.7. The van der Waals surface area contributed by atoms with Gasteiger partial charge in [0.15, 0.2) is 17.8 Å². The maximum atomic E-state index is 11.2. The number of fused-ring (bicyclic) bond motifs is 1. The summed E-state index contributed by atoms with van der Waals surface area (Å²) in [5.41, 5.74) is -3.57. The Bertz CT molecular complexity index is 516. The molecule has 2 rings (SSSR count). The highest BCUT2D eigenvalue weighted by molar-refractivity contribution is 5.76. The molecule has 1 aliphatic heterocycles. The van der Waals surface area contributed by atoms with Crippen molar-refractivity contribution in [1.82, 2.24) is 0 Å².